The van der Waals surface area contributed by atoms with Crippen LogP contribution in [0.2, 0.25) is 0 Å². The molecule has 0 aromatic rings. The van der Waals surface area contributed by atoms with Crippen LogP contribution in [-0.4, -0.2) is 22.6 Å². The summed E-state index contributed by atoms with van der Waals surface area (Å²) in [5.41, 5.74) is -0.555. The van der Waals surface area contributed by atoms with E-state index in [1.54, 1.807) is 20.8 Å². The molecule has 5 heteroatoms. The predicted molar refractivity (Wildman–Crippen MR) is 68.5 cm³/mol. The smallest absolute Gasteiger partial charge is 0.341 e. The maximum absolute atomic E-state index is 11.3. The minimum Gasteiger partial charge on any atom is -0.477 e. The van der Waals surface area contributed by atoms with Crippen molar-refractivity contribution in [3.05, 3.63) is 35.1 Å². The maximum atomic E-state index is 11.3. The van der Waals surface area contributed by atoms with E-state index in [1.807, 2.05) is 0 Å². The number of thioether (sulfide) groups is 1. The van der Waals surface area contributed by atoms with Gasteiger partial charge in [-0.15, -0.1) is 0 Å². The second-order valence-electron chi connectivity index (χ2n) is 4.16. The number of ether oxygens (including phenoxy) is 1. The molecule has 0 heterocycles. The summed E-state index contributed by atoms with van der Waals surface area (Å²) in [6, 6.07) is 0. The van der Waals surface area contributed by atoms with Crippen LogP contribution in [0.4, 0.5) is 0 Å². The van der Waals surface area contributed by atoms with Crippen LogP contribution < -0.4 is 0 Å². The highest BCUT2D eigenvalue weighted by Gasteiger charge is 2.14. The van der Waals surface area contributed by atoms with Crippen molar-refractivity contribution in [2.24, 2.45) is 0 Å². The van der Waals surface area contributed by atoms with E-state index in [1.165, 1.54) is 12.2 Å². The fourth-order valence-electron chi connectivity index (χ4n) is 0.733. The highest BCUT2D eigenvalue weighted by molar-refractivity contribution is 8.07. The Kier molecular flexibility index (Phi) is 5.74. The molecule has 0 aliphatic carbocycles. The summed E-state index contributed by atoms with van der Waals surface area (Å²) in [7, 11) is 0. The molecule has 4 nitrogen and oxygen atoms in total. The zero-order chi connectivity index (χ0) is 13.6. The first-order valence-electron chi connectivity index (χ1n) is 4.82. The van der Waals surface area contributed by atoms with Crippen LogP contribution in [0.25, 0.3) is 0 Å². The van der Waals surface area contributed by atoms with Gasteiger partial charge >= 0.3 is 11.9 Å². The van der Waals surface area contributed by atoms with Crippen molar-refractivity contribution in [3.63, 3.8) is 0 Å². The lowest BCUT2D eigenvalue weighted by Crippen LogP contribution is -2.22. The van der Waals surface area contributed by atoms with Crippen LogP contribution in [0.3, 0.4) is 0 Å². The zero-order valence-corrected chi connectivity index (χ0v) is 11.0. The minimum absolute atomic E-state index is 0.0520. The van der Waals surface area contributed by atoms with E-state index in [4.69, 9.17) is 9.84 Å². The van der Waals surface area contributed by atoms with E-state index in [-0.39, 0.29) is 4.91 Å². The molecule has 17 heavy (non-hydrogen) atoms. The molecule has 0 saturated heterocycles. The Morgan fingerprint density at radius 1 is 1.24 bits per heavy atom. The number of aliphatic carboxylic acids is 1. The van der Waals surface area contributed by atoms with Crippen LogP contribution in [0.5, 0.6) is 0 Å². The van der Waals surface area contributed by atoms with Gasteiger partial charge in [-0.2, -0.15) is 0 Å². The van der Waals surface area contributed by atoms with E-state index < -0.39 is 17.5 Å². The van der Waals surface area contributed by atoms with Crippen LogP contribution in [0.15, 0.2) is 35.1 Å². The summed E-state index contributed by atoms with van der Waals surface area (Å²) >= 11 is 0.885. The SMILES string of the molecule is C=C(/C=C/C(=O)OC(C)(C)C)SC(=C)C(=O)O. The van der Waals surface area contributed by atoms with E-state index >= 15 is 0 Å². The molecule has 94 valence electrons. The molecule has 0 aromatic heterocycles. The van der Waals surface area contributed by atoms with Gasteiger partial charge in [0, 0.05) is 11.0 Å². The molecule has 0 aliphatic rings. The van der Waals surface area contributed by atoms with Crippen molar-refractivity contribution in [2.45, 2.75) is 26.4 Å². The molecule has 0 unspecified atom stereocenters. The third kappa shape index (κ3) is 8.33. The van der Waals surface area contributed by atoms with E-state index in [2.05, 4.69) is 13.2 Å². The lowest BCUT2D eigenvalue weighted by molar-refractivity contribution is -0.148. The number of carboxylic acids is 1. The number of allylic oxidation sites excluding steroid dienone is 1. The first-order chi connectivity index (χ1) is 7.61. The molecule has 0 rings (SSSR count). The second-order valence-corrected chi connectivity index (χ2v) is 5.38. The van der Waals surface area contributed by atoms with Gasteiger partial charge in [-0.1, -0.05) is 24.9 Å². The fourth-order valence-corrected chi connectivity index (χ4v) is 1.27. The highest BCUT2D eigenvalue weighted by atomic mass is 32.2. The number of esters is 1. The Labute approximate surface area is 105 Å². The van der Waals surface area contributed by atoms with Crippen molar-refractivity contribution >= 4 is 23.7 Å². The maximum Gasteiger partial charge on any atom is 0.341 e. The Bertz CT molecular complexity index is 374. The number of hydrogen-bond acceptors (Lipinski definition) is 4. The molecule has 0 amide bonds. The van der Waals surface area contributed by atoms with Crippen molar-refractivity contribution in [3.8, 4) is 0 Å². The van der Waals surface area contributed by atoms with Crippen LogP contribution in [0, 0.1) is 0 Å². The topological polar surface area (TPSA) is 63.6 Å². The molecule has 0 fully saturated rings. The quantitative estimate of drug-likeness (QED) is 0.465. The fraction of sp³-hybridized carbons (Fsp3) is 0.333. The molecule has 0 spiro atoms. The lowest BCUT2D eigenvalue weighted by Gasteiger charge is -2.17. The molecule has 1 N–H and O–H groups in total. The predicted octanol–water partition coefficient (Wildman–Crippen LogP) is 2.73. The molecule has 0 bridgehead atoms. The van der Waals surface area contributed by atoms with Gasteiger partial charge in [-0.25, -0.2) is 9.59 Å². The summed E-state index contributed by atoms with van der Waals surface area (Å²) in [4.78, 5) is 22.1. The van der Waals surface area contributed by atoms with Crippen LogP contribution >= 0.6 is 11.8 Å². The monoisotopic (exact) mass is 256 g/mol. The van der Waals surface area contributed by atoms with Crippen LogP contribution in [0.1, 0.15) is 20.8 Å². The molecule has 0 atom stereocenters. The van der Waals surface area contributed by atoms with Crippen molar-refractivity contribution in [1.29, 1.82) is 0 Å². The van der Waals surface area contributed by atoms with E-state index in [0.717, 1.165) is 11.8 Å². The standard InChI is InChI=1S/C12H16O4S/c1-8(17-9(2)11(14)15)6-7-10(13)16-12(3,4)5/h6-7H,1-2H2,3-5H3,(H,14,15)/b7-6+. The van der Waals surface area contributed by atoms with Gasteiger partial charge < -0.3 is 9.84 Å². The molecule has 0 radical (unpaired) electrons. The van der Waals surface area contributed by atoms with Gasteiger partial charge in [-0.05, 0) is 26.8 Å². The number of carboxylic acid groups (broad SMARTS) is 1. The van der Waals surface area contributed by atoms with Gasteiger partial charge in [0.1, 0.15) is 5.60 Å². The number of carbonyl (C=O) groups excluding carboxylic acids is 1. The first kappa shape index (κ1) is 15.5. The summed E-state index contributed by atoms with van der Waals surface area (Å²) < 4.78 is 5.03. The van der Waals surface area contributed by atoms with Gasteiger partial charge in [0.05, 0.1) is 4.91 Å². The number of carbonyl (C=O) groups is 2. The lowest BCUT2D eigenvalue weighted by atomic mass is 10.2. The third-order valence-electron chi connectivity index (χ3n) is 1.30. The number of hydrogen-bond donors (Lipinski definition) is 1. The van der Waals surface area contributed by atoms with E-state index in [9.17, 15) is 9.59 Å². The normalized spacial score (nSPS) is 11.2. The Hall–Kier alpha value is -1.49. The molecule has 0 saturated carbocycles. The molecular weight excluding hydrogens is 240 g/mol. The van der Waals surface area contributed by atoms with Gasteiger partial charge in [0.25, 0.3) is 0 Å². The van der Waals surface area contributed by atoms with Gasteiger partial charge in [0.2, 0.25) is 0 Å². The zero-order valence-electron chi connectivity index (χ0n) is 10.1. The summed E-state index contributed by atoms with van der Waals surface area (Å²) in [6.45, 7) is 12.2. The van der Waals surface area contributed by atoms with E-state index in [0.29, 0.717) is 4.91 Å². The average molecular weight is 256 g/mol. The minimum atomic E-state index is -1.11. The largest absolute Gasteiger partial charge is 0.477 e. The van der Waals surface area contributed by atoms with Gasteiger partial charge in [-0.3, -0.25) is 0 Å². The highest BCUT2D eigenvalue weighted by Crippen LogP contribution is 2.23. The Morgan fingerprint density at radius 2 is 1.76 bits per heavy atom. The summed E-state index contributed by atoms with van der Waals surface area (Å²) in [5.74, 6) is -1.61. The molecule has 0 aliphatic heterocycles. The first-order valence-corrected chi connectivity index (χ1v) is 5.63. The average Bonchev–Trinajstić information content (AvgIpc) is 2.11. The van der Waals surface area contributed by atoms with Gasteiger partial charge in [0.15, 0.2) is 0 Å². The Morgan fingerprint density at radius 3 is 2.18 bits per heavy atom. The molecule has 0 aromatic carbocycles. The number of rotatable bonds is 5. The summed E-state index contributed by atoms with van der Waals surface area (Å²) in [6.07, 6.45) is 2.60. The second kappa shape index (κ2) is 6.30. The molecular formula is C12H16O4S. The van der Waals surface area contributed by atoms with Crippen molar-refractivity contribution in [1.82, 2.24) is 0 Å². The van der Waals surface area contributed by atoms with Crippen molar-refractivity contribution in [2.75, 3.05) is 0 Å². The van der Waals surface area contributed by atoms with Crippen molar-refractivity contribution < 1.29 is 19.4 Å². The Balaban J connectivity index is 4.26. The van der Waals surface area contributed by atoms with Crippen LogP contribution in [-0.2, 0) is 14.3 Å². The summed E-state index contributed by atoms with van der Waals surface area (Å²) in [5, 5.41) is 8.58. The third-order valence-corrected chi connectivity index (χ3v) is 2.12.